The number of nitrogens with zero attached hydrogens (tertiary/aromatic N) is 3. The van der Waals surface area contributed by atoms with E-state index in [0.29, 0.717) is 17.5 Å². The summed E-state index contributed by atoms with van der Waals surface area (Å²) in [7, 11) is -2.81. The van der Waals surface area contributed by atoms with E-state index in [9.17, 15) is 13.2 Å². The monoisotopic (exact) mass is 368 g/mol. The summed E-state index contributed by atoms with van der Waals surface area (Å²) in [6, 6.07) is 0.261. The zero-order valence-corrected chi connectivity index (χ0v) is 15.8. The smallest absolute Gasteiger partial charge is 0.244 e. The molecule has 1 N–H and O–H groups in total. The van der Waals surface area contributed by atoms with Crippen LogP contribution in [0.4, 0.5) is 0 Å². The molecular weight excluding hydrogens is 340 g/mol. The molecule has 7 nitrogen and oxygen atoms in total. The predicted octanol–water partition coefficient (Wildman–Crippen LogP) is 0.910. The van der Waals surface area contributed by atoms with Crippen LogP contribution in [0, 0.1) is 6.92 Å². The molecule has 3 heterocycles. The average molecular weight is 369 g/mol. The Morgan fingerprint density at radius 3 is 2.44 bits per heavy atom. The van der Waals surface area contributed by atoms with E-state index < -0.39 is 9.84 Å². The van der Waals surface area contributed by atoms with Gasteiger partial charge in [0.05, 0.1) is 17.7 Å². The number of aryl methyl sites for hydroxylation is 1. The molecule has 0 aromatic carbocycles. The molecule has 2 aliphatic heterocycles. The fourth-order valence-corrected chi connectivity index (χ4v) is 5.20. The van der Waals surface area contributed by atoms with Crippen molar-refractivity contribution < 1.29 is 13.2 Å². The summed E-state index contributed by atoms with van der Waals surface area (Å²) < 4.78 is 24.8. The normalized spacial score (nSPS) is 24.1. The molecule has 0 aliphatic carbocycles. The van der Waals surface area contributed by atoms with Crippen molar-refractivity contribution in [3.63, 3.8) is 0 Å². The van der Waals surface area contributed by atoms with Crippen LogP contribution < -0.4 is 5.32 Å². The Labute approximate surface area is 149 Å². The Balaban J connectivity index is 1.45. The number of likely N-dealkylation sites (tertiary alicyclic amines) is 1. The summed E-state index contributed by atoms with van der Waals surface area (Å²) in [5.41, 5.74) is 1.04. The molecule has 8 heteroatoms. The minimum absolute atomic E-state index is 0.00492. The summed E-state index contributed by atoms with van der Waals surface area (Å²) in [5.74, 6) is 0.634. The third-order valence-corrected chi connectivity index (χ3v) is 7.14. The van der Waals surface area contributed by atoms with E-state index in [1.54, 1.807) is 10.9 Å². The van der Waals surface area contributed by atoms with Crippen LogP contribution in [-0.2, 0) is 14.6 Å². The fraction of sp³-hybridized carbons (Fsp3) is 0.765. The molecular formula is C17H28N4O3S. The fourth-order valence-electron chi connectivity index (χ4n) is 3.74. The van der Waals surface area contributed by atoms with Crippen molar-refractivity contribution in [1.29, 1.82) is 0 Å². The lowest BCUT2D eigenvalue weighted by molar-refractivity contribution is -0.125. The first-order chi connectivity index (χ1) is 11.8. The van der Waals surface area contributed by atoms with Gasteiger partial charge in [-0.05, 0) is 45.1 Å². The minimum Gasteiger partial charge on any atom is -0.351 e. The third-order valence-electron chi connectivity index (χ3n) is 5.42. The van der Waals surface area contributed by atoms with Crippen molar-refractivity contribution in [2.75, 3.05) is 24.6 Å². The standard InChI is InChI=1S/C17H28N4O3S/c1-13-11-18-21(12-13)14(2)17(22)19-15-3-7-20(8-4-15)16-5-9-25(23,24)10-6-16/h11-12,14-16H,3-10H2,1-2H3,(H,19,22)/t14-/m0/s1. The van der Waals surface area contributed by atoms with Gasteiger partial charge in [-0.15, -0.1) is 0 Å². The van der Waals surface area contributed by atoms with Crippen LogP contribution in [0.25, 0.3) is 0 Å². The van der Waals surface area contributed by atoms with Crippen LogP contribution >= 0.6 is 0 Å². The molecule has 2 fully saturated rings. The number of piperidine rings is 1. The Morgan fingerprint density at radius 1 is 1.24 bits per heavy atom. The highest BCUT2D eigenvalue weighted by atomic mass is 32.2. The molecule has 0 unspecified atom stereocenters. The van der Waals surface area contributed by atoms with E-state index in [2.05, 4.69) is 15.3 Å². The molecule has 0 radical (unpaired) electrons. The van der Waals surface area contributed by atoms with Crippen LogP contribution in [0.3, 0.4) is 0 Å². The van der Waals surface area contributed by atoms with Gasteiger partial charge in [0.1, 0.15) is 15.9 Å². The van der Waals surface area contributed by atoms with E-state index in [1.807, 2.05) is 20.0 Å². The van der Waals surface area contributed by atoms with Gasteiger partial charge in [0.2, 0.25) is 5.91 Å². The summed E-state index contributed by atoms with van der Waals surface area (Å²) in [5, 5.41) is 7.35. The molecule has 0 spiro atoms. The van der Waals surface area contributed by atoms with Gasteiger partial charge in [-0.25, -0.2) is 8.42 Å². The van der Waals surface area contributed by atoms with Crippen molar-refractivity contribution in [2.24, 2.45) is 0 Å². The SMILES string of the molecule is Cc1cnn([C@@H](C)C(=O)NC2CCN(C3CCS(=O)(=O)CC3)CC2)c1. The maximum atomic E-state index is 12.4. The zero-order valence-electron chi connectivity index (χ0n) is 15.0. The highest BCUT2D eigenvalue weighted by molar-refractivity contribution is 7.91. The molecule has 1 atom stereocenters. The lowest BCUT2D eigenvalue weighted by Gasteiger charge is -2.39. The summed E-state index contributed by atoms with van der Waals surface area (Å²) in [6.45, 7) is 5.66. The van der Waals surface area contributed by atoms with Gasteiger partial charge in [-0.2, -0.15) is 5.10 Å². The third kappa shape index (κ3) is 4.61. The Morgan fingerprint density at radius 2 is 1.88 bits per heavy atom. The number of nitrogens with one attached hydrogen (secondary N) is 1. The van der Waals surface area contributed by atoms with Gasteiger partial charge >= 0.3 is 0 Å². The van der Waals surface area contributed by atoms with Gasteiger partial charge in [0.25, 0.3) is 0 Å². The van der Waals surface area contributed by atoms with Gasteiger partial charge in [0, 0.05) is 31.4 Å². The highest BCUT2D eigenvalue weighted by Crippen LogP contribution is 2.22. The van der Waals surface area contributed by atoms with E-state index in [0.717, 1.165) is 44.3 Å². The maximum Gasteiger partial charge on any atom is 0.244 e. The van der Waals surface area contributed by atoms with Gasteiger partial charge in [-0.3, -0.25) is 9.48 Å². The second-order valence-corrected chi connectivity index (χ2v) is 9.68. The molecule has 1 aromatic heterocycles. The van der Waals surface area contributed by atoms with Crippen molar-refractivity contribution in [3.8, 4) is 0 Å². The molecule has 2 saturated heterocycles. The predicted molar refractivity (Wildman–Crippen MR) is 96.1 cm³/mol. The molecule has 2 aliphatic rings. The first-order valence-corrected chi connectivity index (χ1v) is 10.9. The van der Waals surface area contributed by atoms with Crippen LogP contribution in [-0.4, -0.2) is 65.7 Å². The molecule has 1 aromatic rings. The number of aromatic nitrogens is 2. The van der Waals surface area contributed by atoms with Crippen LogP contribution in [0.1, 0.15) is 44.2 Å². The lowest BCUT2D eigenvalue weighted by Crippen LogP contribution is -2.50. The Kier molecular flexibility index (Phi) is 5.48. The molecule has 140 valence electrons. The van der Waals surface area contributed by atoms with Crippen LogP contribution in [0.15, 0.2) is 12.4 Å². The molecule has 0 bridgehead atoms. The first kappa shape index (κ1) is 18.4. The van der Waals surface area contributed by atoms with E-state index >= 15 is 0 Å². The van der Waals surface area contributed by atoms with E-state index in [-0.39, 0.29) is 18.0 Å². The Bertz CT molecular complexity index is 693. The number of rotatable bonds is 4. The lowest BCUT2D eigenvalue weighted by atomic mass is 10.0. The molecule has 25 heavy (non-hydrogen) atoms. The van der Waals surface area contributed by atoms with Crippen molar-refractivity contribution in [3.05, 3.63) is 18.0 Å². The number of carbonyl (C=O) groups excluding carboxylic acids is 1. The summed E-state index contributed by atoms with van der Waals surface area (Å²) in [4.78, 5) is 14.8. The quantitative estimate of drug-likeness (QED) is 0.854. The van der Waals surface area contributed by atoms with Crippen LogP contribution in [0.2, 0.25) is 0 Å². The van der Waals surface area contributed by atoms with Crippen molar-refractivity contribution >= 4 is 15.7 Å². The van der Waals surface area contributed by atoms with Gasteiger partial charge < -0.3 is 10.2 Å². The van der Waals surface area contributed by atoms with E-state index in [4.69, 9.17) is 0 Å². The zero-order chi connectivity index (χ0) is 18.0. The summed E-state index contributed by atoms with van der Waals surface area (Å²) in [6.07, 6.45) is 6.96. The highest BCUT2D eigenvalue weighted by Gasteiger charge is 2.31. The average Bonchev–Trinajstić information content (AvgIpc) is 3.01. The van der Waals surface area contributed by atoms with Gasteiger partial charge in [-0.1, -0.05) is 0 Å². The number of sulfone groups is 1. The van der Waals surface area contributed by atoms with E-state index in [1.165, 1.54) is 0 Å². The first-order valence-electron chi connectivity index (χ1n) is 9.10. The molecule has 0 saturated carbocycles. The minimum atomic E-state index is -2.81. The van der Waals surface area contributed by atoms with Gasteiger partial charge in [0.15, 0.2) is 0 Å². The largest absolute Gasteiger partial charge is 0.351 e. The van der Waals surface area contributed by atoms with Crippen LogP contribution in [0.5, 0.6) is 0 Å². The molecule has 1 amide bonds. The second-order valence-electron chi connectivity index (χ2n) is 7.38. The maximum absolute atomic E-state index is 12.4. The Hall–Kier alpha value is -1.41. The topological polar surface area (TPSA) is 84.3 Å². The second kappa shape index (κ2) is 7.45. The molecule has 3 rings (SSSR count). The number of hydrogen-bond acceptors (Lipinski definition) is 5. The van der Waals surface area contributed by atoms with Crippen molar-refractivity contribution in [1.82, 2.24) is 20.0 Å². The van der Waals surface area contributed by atoms with Crippen molar-refractivity contribution in [2.45, 2.75) is 57.7 Å². The summed E-state index contributed by atoms with van der Waals surface area (Å²) >= 11 is 0. The number of amides is 1. The number of carbonyl (C=O) groups is 1. The number of hydrogen-bond donors (Lipinski definition) is 1.